The van der Waals surface area contributed by atoms with Crippen LogP contribution in [-0.4, -0.2) is 60.1 Å². The van der Waals surface area contributed by atoms with Gasteiger partial charge in [0.1, 0.15) is 5.82 Å². The van der Waals surface area contributed by atoms with Gasteiger partial charge in [-0.05, 0) is 55.3 Å². The number of hydrogen-bond acceptors (Lipinski definition) is 5. The lowest BCUT2D eigenvalue weighted by molar-refractivity contribution is -0.0125. The first-order valence-corrected chi connectivity index (χ1v) is 12.5. The number of carbonyl (C=O) groups is 1. The summed E-state index contributed by atoms with van der Waals surface area (Å²) >= 11 is 0. The van der Waals surface area contributed by atoms with Gasteiger partial charge < -0.3 is 23.3 Å². The van der Waals surface area contributed by atoms with Gasteiger partial charge in [0, 0.05) is 55.2 Å². The molecule has 5 rings (SSSR count). The predicted molar refractivity (Wildman–Crippen MR) is 137 cm³/mol. The van der Waals surface area contributed by atoms with E-state index in [0.717, 1.165) is 39.8 Å². The van der Waals surface area contributed by atoms with Crippen LogP contribution in [0.3, 0.4) is 0 Å². The maximum atomic E-state index is 14.4. The van der Waals surface area contributed by atoms with Gasteiger partial charge >= 0.3 is 5.97 Å². The number of benzene rings is 2. The fourth-order valence-corrected chi connectivity index (χ4v) is 5.33. The van der Waals surface area contributed by atoms with Crippen molar-refractivity contribution in [1.29, 1.82) is 0 Å². The molecule has 0 fully saturated rings. The fraction of sp³-hybridized carbons (Fsp3) is 0.429. The molecule has 37 heavy (non-hydrogen) atoms. The number of halogens is 2. The lowest BCUT2D eigenvalue weighted by Gasteiger charge is -2.23. The Labute approximate surface area is 213 Å². The summed E-state index contributed by atoms with van der Waals surface area (Å²) in [5, 5.41) is 0.846. The average Bonchev–Trinajstić information content (AvgIpc) is 3.41. The summed E-state index contributed by atoms with van der Waals surface area (Å²) in [7, 11) is 2.97. The number of carbonyl (C=O) groups excluding carboxylic acids is 1. The lowest BCUT2D eigenvalue weighted by atomic mass is 9.92. The van der Waals surface area contributed by atoms with Gasteiger partial charge in [-0.2, -0.15) is 0 Å². The van der Waals surface area contributed by atoms with Crippen molar-refractivity contribution in [1.82, 2.24) is 14.1 Å². The number of methoxy groups -OCH3 is 2. The summed E-state index contributed by atoms with van der Waals surface area (Å²) in [5.41, 5.74) is 5.43. The Kier molecular flexibility index (Phi) is 7.00. The predicted octanol–water partition coefficient (Wildman–Crippen LogP) is 5.25. The molecule has 2 aromatic heterocycles. The second-order valence-corrected chi connectivity index (χ2v) is 9.32. The molecule has 2 heterocycles. The molecular weight excluding hydrogens is 480 g/mol. The first-order valence-electron chi connectivity index (χ1n) is 12.5. The van der Waals surface area contributed by atoms with E-state index in [1.165, 1.54) is 7.11 Å². The van der Waals surface area contributed by atoms with Gasteiger partial charge in [0.05, 0.1) is 43.5 Å². The normalized spacial score (nSPS) is 14.8. The zero-order chi connectivity index (χ0) is 26.2. The molecular formula is C28H31F2N3O4. The molecule has 0 unspecified atom stereocenters. The number of aryl methyl sites for hydroxylation is 1. The first kappa shape index (κ1) is 25.4. The van der Waals surface area contributed by atoms with Crippen molar-refractivity contribution in [2.45, 2.75) is 45.2 Å². The number of imidazole rings is 1. The first-order chi connectivity index (χ1) is 17.9. The number of alkyl halides is 2. The Morgan fingerprint density at radius 2 is 1.86 bits per heavy atom. The Bertz CT molecular complexity index is 1460. The Hall–Kier alpha value is -3.30. The van der Waals surface area contributed by atoms with E-state index in [1.54, 1.807) is 19.2 Å². The highest BCUT2D eigenvalue weighted by atomic mass is 19.3. The van der Waals surface area contributed by atoms with E-state index < -0.39 is 11.9 Å². The molecule has 0 bridgehead atoms. The average molecular weight is 512 g/mol. The smallest absolute Gasteiger partial charge is 0.337 e. The SMILES string of the molecule is CCn1c2c(c3cc(-c4nc5cc(C(=O)OC)ccc5n4CCOCCOC)ccc31)CC(F)(F)CC2. The number of nitrogens with zero attached hydrogens (tertiary/aromatic N) is 3. The van der Waals surface area contributed by atoms with Gasteiger partial charge in [0.25, 0.3) is 5.92 Å². The Morgan fingerprint density at radius 3 is 2.62 bits per heavy atom. The van der Waals surface area contributed by atoms with Crippen molar-refractivity contribution >= 4 is 27.9 Å². The number of fused-ring (bicyclic) bond motifs is 4. The van der Waals surface area contributed by atoms with Crippen LogP contribution in [0.4, 0.5) is 8.78 Å². The van der Waals surface area contributed by atoms with Crippen LogP contribution < -0.4 is 0 Å². The van der Waals surface area contributed by atoms with E-state index in [-0.39, 0.29) is 12.8 Å². The van der Waals surface area contributed by atoms with Gasteiger partial charge in [-0.1, -0.05) is 0 Å². The van der Waals surface area contributed by atoms with Crippen LogP contribution in [0.25, 0.3) is 33.3 Å². The van der Waals surface area contributed by atoms with Crippen LogP contribution in [0.15, 0.2) is 36.4 Å². The van der Waals surface area contributed by atoms with Crippen LogP contribution in [0.5, 0.6) is 0 Å². The minimum absolute atomic E-state index is 0.120. The molecule has 0 spiro atoms. The molecule has 0 saturated carbocycles. The molecule has 196 valence electrons. The summed E-state index contributed by atoms with van der Waals surface area (Å²) in [4.78, 5) is 17.0. The van der Waals surface area contributed by atoms with E-state index in [0.29, 0.717) is 49.7 Å². The van der Waals surface area contributed by atoms with Crippen LogP contribution in [0, 0.1) is 0 Å². The number of esters is 1. The molecule has 9 heteroatoms. The molecule has 1 aliphatic carbocycles. The summed E-state index contributed by atoms with van der Waals surface area (Å²) in [6.45, 7) is 4.71. The minimum atomic E-state index is -2.70. The topological polar surface area (TPSA) is 67.5 Å². The quantitative estimate of drug-likeness (QED) is 0.227. The minimum Gasteiger partial charge on any atom is -0.465 e. The van der Waals surface area contributed by atoms with E-state index >= 15 is 0 Å². The second kappa shape index (κ2) is 10.2. The number of hydrogen-bond donors (Lipinski definition) is 0. The van der Waals surface area contributed by atoms with Gasteiger partial charge in [-0.15, -0.1) is 0 Å². The zero-order valence-electron chi connectivity index (χ0n) is 21.4. The van der Waals surface area contributed by atoms with Gasteiger partial charge in [0.15, 0.2) is 0 Å². The van der Waals surface area contributed by atoms with Crippen molar-refractivity contribution in [3.63, 3.8) is 0 Å². The summed E-state index contributed by atoms with van der Waals surface area (Å²) in [6.07, 6.45) is -0.0000766. The van der Waals surface area contributed by atoms with Gasteiger partial charge in [-0.3, -0.25) is 0 Å². The molecule has 1 aliphatic rings. The summed E-state index contributed by atoms with van der Waals surface area (Å²) in [5.74, 6) is -2.45. The molecule has 0 amide bonds. The van der Waals surface area contributed by atoms with E-state index in [1.807, 2.05) is 35.8 Å². The standard InChI is InChI=1S/C28H31F2N3O4/c1-4-32-23-7-5-18(15-20(23)21-17-28(29,30)10-9-24(21)32)26-31-22-16-19(27(34)36-3)6-8-25(22)33(26)11-12-37-14-13-35-2/h5-8,15-16H,4,9-14,17H2,1-3H3. The van der Waals surface area contributed by atoms with Crippen molar-refractivity contribution in [3.8, 4) is 11.4 Å². The summed E-state index contributed by atoms with van der Waals surface area (Å²) in [6, 6.07) is 11.2. The van der Waals surface area contributed by atoms with Crippen molar-refractivity contribution < 1.29 is 27.8 Å². The third kappa shape index (κ3) is 4.73. The third-order valence-corrected chi connectivity index (χ3v) is 7.08. The largest absolute Gasteiger partial charge is 0.465 e. The van der Waals surface area contributed by atoms with Crippen molar-refractivity contribution in [2.24, 2.45) is 0 Å². The number of rotatable bonds is 9. The van der Waals surface area contributed by atoms with E-state index in [9.17, 15) is 13.6 Å². The Balaban J connectivity index is 1.62. The maximum absolute atomic E-state index is 14.4. The molecule has 0 N–H and O–H groups in total. The fourth-order valence-electron chi connectivity index (χ4n) is 5.33. The highest BCUT2D eigenvalue weighted by Gasteiger charge is 2.37. The zero-order valence-corrected chi connectivity index (χ0v) is 21.4. The van der Waals surface area contributed by atoms with Gasteiger partial charge in [-0.25, -0.2) is 18.6 Å². The highest BCUT2D eigenvalue weighted by Crippen LogP contribution is 2.40. The monoisotopic (exact) mass is 511 g/mol. The lowest BCUT2D eigenvalue weighted by Crippen LogP contribution is -2.26. The molecule has 2 aromatic carbocycles. The molecule has 0 aliphatic heterocycles. The highest BCUT2D eigenvalue weighted by molar-refractivity contribution is 5.95. The van der Waals surface area contributed by atoms with Crippen LogP contribution in [0.1, 0.15) is 35.0 Å². The van der Waals surface area contributed by atoms with Crippen LogP contribution in [0.2, 0.25) is 0 Å². The van der Waals surface area contributed by atoms with Crippen molar-refractivity contribution in [2.75, 3.05) is 34.0 Å². The van der Waals surface area contributed by atoms with Crippen LogP contribution in [-0.2, 0) is 40.1 Å². The van der Waals surface area contributed by atoms with Crippen LogP contribution >= 0.6 is 0 Å². The molecule has 0 radical (unpaired) electrons. The van der Waals surface area contributed by atoms with E-state index in [4.69, 9.17) is 19.2 Å². The molecule has 4 aromatic rings. The molecule has 7 nitrogen and oxygen atoms in total. The van der Waals surface area contributed by atoms with Gasteiger partial charge in [0.2, 0.25) is 0 Å². The van der Waals surface area contributed by atoms with Crippen molar-refractivity contribution in [3.05, 3.63) is 53.2 Å². The molecule has 0 saturated heterocycles. The number of ether oxygens (including phenoxy) is 3. The van der Waals surface area contributed by atoms with E-state index in [2.05, 4.69) is 4.57 Å². The summed E-state index contributed by atoms with van der Waals surface area (Å²) < 4.78 is 48.7. The maximum Gasteiger partial charge on any atom is 0.337 e. The Morgan fingerprint density at radius 1 is 1.05 bits per heavy atom. The second-order valence-electron chi connectivity index (χ2n) is 9.32. The third-order valence-electron chi connectivity index (χ3n) is 7.08. The molecule has 0 atom stereocenters. The number of aromatic nitrogens is 3.